The maximum absolute atomic E-state index is 4.58. The van der Waals surface area contributed by atoms with E-state index >= 15 is 0 Å². The van der Waals surface area contributed by atoms with Gasteiger partial charge in [-0.25, -0.2) is 4.98 Å². The number of hydrogen-bond acceptors (Lipinski definition) is 3. The number of hydrogen-bond donors (Lipinski definition) is 1. The van der Waals surface area contributed by atoms with Gasteiger partial charge in [-0.3, -0.25) is 4.68 Å². The lowest BCUT2D eigenvalue weighted by molar-refractivity contribution is 0.580. The second kappa shape index (κ2) is 4.31. The Morgan fingerprint density at radius 2 is 2.33 bits per heavy atom. The van der Waals surface area contributed by atoms with Crippen molar-refractivity contribution in [3.05, 3.63) is 11.6 Å². The Morgan fingerprint density at radius 3 is 2.87 bits per heavy atom. The van der Waals surface area contributed by atoms with Crippen molar-refractivity contribution in [2.45, 2.75) is 45.1 Å². The molecule has 1 unspecified atom stereocenters. The first kappa shape index (κ1) is 10.6. The predicted octanol–water partition coefficient (Wildman–Crippen LogP) is 1.23. The van der Waals surface area contributed by atoms with Crippen molar-refractivity contribution in [3.8, 4) is 0 Å². The molecule has 0 saturated carbocycles. The SMILES string of the molecule is CC(C)c1nc(CC2CCCN2)nn1C. The van der Waals surface area contributed by atoms with E-state index in [0.717, 1.165) is 24.6 Å². The molecule has 0 aliphatic carbocycles. The first-order valence-corrected chi connectivity index (χ1v) is 5.80. The van der Waals surface area contributed by atoms with E-state index < -0.39 is 0 Å². The van der Waals surface area contributed by atoms with Crippen LogP contribution in [0.5, 0.6) is 0 Å². The van der Waals surface area contributed by atoms with Gasteiger partial charge in [-0.15, -0.1) is 0 Å². The van der Waals surface area contributed by atoms with Gasteiger partial charge in [0.1, 0.15) is 5.82 Å². The molecule has 4 nitrogen and oxygen atoms in total. The highest BCUT2D eigenvalue weighted by Crippen LogP contribution is 2.13. The van der Waals surface area contributed by atoms with Gasteiger partial charge in [-0.1, -0.05) is 13.8 Å². The Kier molecular flexibility index (Phi) is 3.05. The molecule has 0 aromatic carbocycles. The average Bonchev–Trinajstić information content (AvgIpc) is 2.75. The summed E-state index contributed by atoms with van der Waals surface area (Å²) in [6.07, 6.45) is 3.52. The van der Waals surface area contributed by atoms with Crippen LogP contribution in [0.1, 0.15) is 44.3 Å². The van der Waals surface area contributed by atoms with Crippen molar-refractivity contribution >= 4 is 0 Å². The molecule has 0 spiro atoms. The van der Waals surface area contributed by atoms with Gasteiger partial charge in [0.25, 0.3) is 0 Å². The van der Waals surface area contributed by atoms with Crippen molar-refractivity contribution in [2.24, 2.45) is 7.05 Å². The minimum atomic E-state index is 0.452. The number of nitrogens with zero attached hydrogens (tertiary/aromatic N) is 3. The molecule has 1 N–H and O–H groups in total. The molecule has 2 heterocycles. The summed E-state index contributed by atoms with van der Waals surface area (Å²) in [4.78, 5) is 4.58. The summed E-state index contributed by atoms with van der Waals surface area (Å²) in [6.45, 7) is 5.46. The summed E-state index contributed by atoms with van der Waals surface area (Å²) >= 11 is 0. The molecule has 1 aliphatic rings. The molecule has 1 aromatic rings. The molecule has 1 atom stereocenters. The van der Waals surface area contributed by atoms with E-state index in [1.54, 1.807) is 0 Å². The third-order valence-electron chi connectivity index (χ3n) is 2.95. The summed E-state index contributed by atoms with van der Waals surface area (Å²) in [6, 6.07) is 0.590. The predicted molar refractivity (Wildman–Crippen MR) is 59.8 cm³/mol. The van der Waals surface area contributed by atoms with Crippen molar-refractivity contribution in [3.63, 3.8) is 0 Å². The Labute approximate surface area is 91.1 Å². The highest BCUT2D eigenvalue weighted by Gasteiger charge is 2.18. The lowest BCUT2D eigenvalue weighted by Crippen LogP contribution is -2.24. The molecule has 84 valence electrons. The number of aryl methyl sites for hydroxylation is 1. The van der Waals surface area contributed by atoms with E-state index in [4.69, 9.17) is 0 Å². The van der Waals surface area contributed by atoms with Crippen LogP contribution in [0.25, 0.3) is 0 Å². The summed E-state index contributed by atoms with van der Waals surface area (Å²) in [5.41, 5.74) is 0. The lowest BCUT2D eigenvalue weighted by atomic mass is 10.1. The molecule has 1 saturated heterocycles. The van der Waals surface area contributed by atoms with Gasteiger partial charge in [0.2, 0.25) is 0 Å². The summed E-state index contributed by atoms with van der Waals surface area (Å²) in [5.74, 6) is 2.52. The Bertz CT molecular complexity index is 323. The molecule has 0 amide bonds. The van der Waals surface area contributed by atoms with Crippen LogP contribution < -0.4 is 5.32 Å². The molecular formula is C11H20N4. The zero-order valence-corrected chi connectivity index (χ0v) is 9.82. The van der Waals surface area contributed by atoms with E-state index in [2.05, 4.69) is 29.2 Å². The molecule has 0 radical (unpaired) electrons. The fourth-order valence-corrected chi connectivity index (χ4v) is 2.19. The van der Waals surface area contributed by atoms with E-state index in [1.807, 2.05) is 11.7 Å². The topological polar surface area (TPSA) is 42.7 Å². The van der Waals surface area contributed by atoms with E-state index in [0.29, 0.717) is 12.0 Å². The monoisotopic (exact) mass is 208 g/mol. The van der Waals surface area contributed by atoms with Crippen molar-refractivity contribution < 1.29 is 0 Å². The molecule has 1 aromatic heterocycles. The van der Waals surface area contributed by atoms with Gasteiger partial charge in [-0.05, 0) is 19.4 Å². The standard InChI is InChI=1S/C11H20N4/c1-8(2)11-13-10(14-15(11)3)7-9-5-4-6-12-9/h8-9,12H,4-7H2,1-3H3. The maximum Gasteiger partial charge on any atom is 0.152 e. The first-order valence-electron chi connectivity index (χ1n) is 5.80. The molecular weight excluding hydrogens is 188 g/mol. The number of rotatable bonds is 3. The Hall–Kier alpha value is -0.900. The van der Waals surface area contributed by atoms with Gasteiger partial charge in [0.15, 0.2) is 5.82 Å². The van der Waals surface area contributed by atoms with E-state index in [1.165, 1.54) is 12.8 Å². The van der Waals surface area contributed by atoms with Crippen LogP contribution in [0.3, 0.4) is 0 Å². The van der Waals surface area contributed by atoms with Crippen LogP contribution in [-0.2, 0) is 13.5 Å². The largest absolute Gasteiger partial charge is 0.314 e. The molecule has 1 fully saturated rings. The van der Waals surface area contributed by atoms with Crippen LogP contribution in [0.4, 0.5) is 0 Å². The highest BCUT2D eigenvalue weighted by atomic mass is 15.3. The van der Waals surface area contributed by atoms with Crippen molar-refractivity contribution in [1.29, 1.82) is 0 Å². The van der Waals surface area contributed by atoms with Crippen LogP contribution >= 0.6 is 0 Å². The van der Waals surface area contributed by atoms with Crippen LogP contribution in [0.15, 0.2) is 0 Å². The Balaban J connectivity index is 2.05. The maximum atomic E-state index is 4.58. The fourth-order valence-electron chi connectivity index (χ4n) is 2.19. The quantitative estimate of drug-likeness (QED) is 0.812. The van der Waals surface area contributed by atoms with Crippen LogP contribution in [-0.4, -0.2) is 27.4 Å². The summed E-state index contributed by atoms with van der Waals surface area (Å²) < 4.78 is 1.91. The van der Waals surface area contributed by atoms with Crippen molar-refractivity contribution in [2.75, 3.05) is 6.54 Å². The second-order valence-corrected chi connectivity index (χ2v) is 4.66. The smallest absolute Gasteiger partial charge is 0.152 e. The molecule has 1 aliphatic heterocycles. The zero-order valence-electron chi connectivity index (χ0n) is 9.82. The molecule has 2 rings (SSSR count). The zero-order chi connectivity index (χ0) is 10.8. The fraction of sp³-hybridized carbons (Fsp3) is 0.818. The third-order valence-corrected chi connectivity index (χ3v) is 2.95. The van der Waals surface area contributed by atoms with Gasteiger partial charge in [-0.2, -0.15) is 5.10 Å². The van der Waals surface area contributed by atoms with Gasteiger partial charge >= 0.3 is 0 Å². The molecule has 4 heteroatoms. The molecule has 15 heavy (non-hydrogen) atoms. The lowest BCUT2D eigenvalue weighted by Gasteiger charge is -2.05. The van der Waals surface area contributed by atoms with E-state index in [9.17, 15) is 0 Å². The highest BCUT2D eigenvalue weighted by molar-refractivity contribution is 4.99. The summed E-state index contributed by atoms with van der Waals surface area (Å²) in [7, 11) is 1.98. The second-order valence-electron chi connectivity index (χ2n) is 4.66. The summed E-state index contributed by atoms with van der Waals surface area (Å²) in [5, 5.41) is 7.93. The average molecular weight is 208 g/mol. The van der Waals surface area contributed by atoms with Gasteiger partial charge in [0.05, 0.1) is 0 Å². The Morgan fingerprint density at radius 1 is 1.53 bits per heavy atom. The first-order chi connectivity index (χ1) is 7.16. The van der Waals surface area contributed by atoms with Crippen LogP contribution in [0.2, 0.25) is 0 Å². The number of aromatic nitrogens is 3. The van der Waals surface area contributed by atoms with Crippen molar-refractivity contribution in [1.82, 2.24) is 20.1 Å². The van der Waals surface area contributed by atoms with E-state index in [-0.39, 0.29) is 0 Å². The molecule has 0 bridgehead atoms. The van der Waals surface area contributed by atoms with Crippen LogP contribution in [0, 0.1) is 0 Å². The number of nitrogens with one attached hydrogen (secondary N) is 1. The normalized spacial score (nSPS) is 21.5. The minimum absolute atomic E-state index is 0.452. The van der Waals surface area contributed by atoms with Gasteiger partial charge < -0.3 is 5.32 Å². The minimum Gasteiger partial charge on any atom is -0.314 e. The van der Waals surface area contributed by atoms with Gasteiger partial charge in [0, 0.05) is 25.4 Å². The third kappa shape index (κ3) is 2.37.